The third kappa shape index (κ3) is 3.14. The Labute approximate surface area is 142 Å². The van der Waals surface area contributed by atoms with Gasteiger partial charge in [-0.15, -0.1) is 0 Å². The third-order valence-corrected chi connectivity index (χ3v) is 5.71. The maximum absolute atomic E-state index is 14.3. The minimum Gasteiger partial charge on any atom is -0.497 e. The van der Waals surface area contributed by atoms with Crippen LogP contribution in [0.4, 0.5) is 4.39 Å². The van der Waals surface area contributed by atoms with E-state index in [9.17, 15) is 9.18 Å². The Kier molecular flexibility index (Phi) is 4.21. The molecule has 24 heavy (non-hydrogen) atoms. The van der Waals surface area contributed by atoms with Crippen LogP contribution in [0.5, 0.6) is 5.75 Å². The van der Waals surface area contributed by atoms with Crippen molar-refractivity contribution >= 4 is 5.91 Å². The molecule has 0 spiro atoms. The average molecular weight is 332 g/mol. The molecule has 2 atom stereocenters. The summed E-state index contributed by atoms with van der Waals surface area (Å²) in [5.74, 6) is 1.87. The summed E-state index contributed by atoms with van der Waals surface area (Å²) in [4.78, 5) is 17.1. The second kappa shape index (κ2) is 6.36. The summed E-state index contributed by atoms with van der Waals surface area (Å²) in [7, 11) is 1.54. The molecule has 130 valence electrons. The highest BCUT2D eigenvalue weighted by atomic mass is 19.1. The lowest BCUT2D eigenvalue weighted by Gasteiger charge is -2.46. The molecule has 1 aliphatic carbocycles. The number of hydrogen-bond donors (Lipinski definition) is 0. The molecule has 3 aliphatic rings. The molecule has 0 radical (unpaired) electrons. The fourth-order valence-corrected chi connectivity index (χ4v) is 4.09. The predicted octanol–water partition coefficient (Wildman–Crippen LogP) is 2.67. The number of carbonyl (C=O) groups excluding carboxylic acids is 1. The number of amides is 1. The van der Waals surface area contributed by atoms with Gasteiger partial charge in [-0.2, -0.15) is 0 Å². The standard InChI is InChI=1S/C19H25FN2O2/c1-24-16-5-4-15(17(20)9-16)12-21-7-6-14-8-18(21)19(23)22(11-14)10-13-2-3-13/h4-5,9,13-14,18H,2-3,6-8,10-12H2,1H3/t14-,18+/m0/s1. The highest BCUT2D eigenvalue weighted by Crippen LogP contribution is 2.35. The van der Waals surface area contributed by atoms with Gasteiger partial charge in [0, 0.05) is 31.3 Å². The average Bonchev–Trinajstić information content (AvgIpc) is 3.40. The number of fused-ring (bicyclic) bond motifs is 2. The van der Waals surface area contributed by atoms with Crippen molar-refractivity contribution in [2.75, 3.05) is 26.7 Å². The fourth-order valence-electron chi connectivity index (χ4n) is 4.09. The second-order valence-electron chi connectivity index (χ2n) is 7.52. The number of piperidine rings is 2. The molecule has 3 fully saturated rings. The van der Waals surface area contributed by atoms with Gasteiger partial charge >= 0.3 is 0 Å². The number of hydrogen-bond acceptors (Lipinski definition) is 3. The van der Waals surface area contributed by atoms with E-state index in [0.29, 0.717) is 23.8 Å². The number of ether oxygens (including phenoxy) is 1. The largest absolute Gasteiger partial charge is 0.497 e. The maximum atomic E-state index is 14.3. The van der Waals surface area contributed by atoms with Gasteiger partial charge in [-0.3, -0.25) is 9.69 Å². The monoisotopic (exact) mass is 332 g/mol. The smallest absolute Gasteiger partial charge is 0.239 e. The van der Waals surface area contributed by atoms with Gasteiger partial charge in [0.25, 0.3) is 0 Å². The lowest BCUT2D eigenvalue weighted by molar-refractivity contribution is -0.146. The van der Waals surface area contributed by atoms with Crippen LogP contribution in [0.25, 0.3) is 0 Å². The van der Waals surface area contributed by atoms with Crippen LogP contribution in [0, 0.1) is 17.7 Å². The SMILES string of the molecule is COc1ccc(CN2CC[C@H]3C[C@@H]2C(=O)N(CC2CC2)C3)c(F)c1. The van der Waals surface area contributed by atoms with Crippen molar-refractivity contribution in [3.8, 4) is 5.75 Å². The third-order valence-electron chi connectivity index (χ3n) is 5.71. The van der Waals surface area contributed by atoms with Crippen molar-refractivity contribution in [3.05, 3.63) is 29.6 Å². The maximum Gasteiger partial charge on any atom is 0.239 e. The van der Waals surface area contributed by atoms with E-state index >= 15 is 0 Å². The quantitative estimate of drug-likeness (QED) is 0.831. The Morgan fingerprint density at radius 3 is 2.83 bits per heavy atom. The van der Waals surface area contributed by atoms with Crippen LogP contribution < -0.4 is 4.74 Å². The summed E-state index contributed by atoms with van der Waals surface area (Å²) >= 11 is 0. The molecule has 4 rings (SSSR count). The van der Waals surface area contributed by atoms with Crippen LogP contribution in [0.15, 0.2) is 18.2 Å². The number of methoxy groups -OCH3 is 1. The highest BCUT2D eigenvalue weighted by molar-refractivity contribution is 5.83. The zero-order chi connectivity index (χ0) is 16.7. The zero-order valence-corrected chi connectivity index (χ0v) is 14.2. The van der Waals surface area contributed by atoms with Gasteiger partial charge < -0.3 is 9.64 Å². The first-order valence-electron chi connectivity index (χ1n) is 8.99. The lowest BCUT2D eigenvalue weighted by atomic mass is 9.85. The van der Waals surface area contributed by atoms with Crippen LogP contribution in [-0.2, 0) is 11.3 Å². The van der Waals surface area contributed by atoms with Crippen LogP contribution in [0.1, 0.15) is 31.2 Å². The van der Waals surface area contributed by atoms with Gasteiger partial charge in [-0.05, 0) is 50.1 Å². The Hall–Kier alpha value is -1.62. The molecule has 2 saturated heterocycles. The minimum atomic E-state index is -0.255. The summed E-state index contributed by atoms with van der Waals surface area (Å²) in [5.41, 5.74) is 0.640. The summed E-state index contributed by atoms with van der Waals surface area (Å²) in [6.45, 7) is 3.23. The highest BCUT2D eigenvalue weighted by Gasteiger charge is 2.42. The number of benzene rings is 1. The molecule has 2 bridgehead atoms. The van der Waals surface area contributed by atoms with E-state index in [1.165, 1.54) is 26.0 Å². The number of halogens is 1. The second-order valence-corrected chi connectivity index (χ2v) is 7.52. The summed E-state index contributed by atoms with van der Waals surface area (Å²) in [6, 6.07) is 4.91. The Morgan fingerprint density at radius 2 is 2.12 bits per heavy atom. The molecule has 2 heterocycles. The van der Waals surface area contributed by atoms with E-state index in [4.69, 9.17) is 4.74 Å². The van der Waals surface area contributed by atoms with Gasteiger partial charge in [0.05, 0.1) is 13.2 Å². The molecule has 2 aliphatic heterocycles. The van der Waals surface area contributed by atoms with Crippen LogP contribution in [0.3, 0.4) is 0 Å². The van der Waals surface area contributed by atoms with Crippen molar-refractivity contribution in [1.82, 2.24) is 9.80 Å². The molecule has 0 aromatic heterocycles. The van der Waals surface area contributed by atoms with Crippen molar-refractivity contribution in [3.63, 3.8) is 0 Å². The van der Waals surface area contributed by atoms with E-state index in [2.05, 4.69) is 9.80 Å². The predicted molar refractivity (Wildman–Crippen MR) is 89.2 cm³/mol. The number of carbonyl (C=O) groups is 1. The molecule has 1 amide bonds. The fraction of sp³-hybridized carbons (Fsp3) is 0.632. The van der Waals surface area contributed by atoms with Gasteiger partial charge in [0.2, 0.25) is 5.91 Å². The van der Waals surface area contributed by atoms with E-state index in [0.717, 1.165) is 38.4 Å². The van der Waals surface area contributed by atoms with Crippen LogP contribution >= 0.6 is 0 Å². The first-order chi connectivity index (χ1) is 11.6. The molecule has 1 aromatic carbocycles. The molecule has 0 unspecified atom stereocenters. The molecule has 0 N–H and O–H groups in total. The molecule has 1 aromatic rings. The normalized spacial score (nSPS) is 27.4. The first kappa shape index (κ1) is 15.9. The van der Waals surface area contributed by atoms with Gasteiger partial charge in [-0.25, -0.2) is 4.39 Å². The van der Waals surface area contributed by atoms with Crippen LogP contribution in [-0.4, -0.2) is 48.5 Å². The number of nitrogens with zero attached hydrogens (tertiary/aromatic N) is 2. The molecule has 5 heteroatoms. The summed E-state index contributed by atoms with van der Waals surface area (Å²) < 4.78 is 19.3. The van der Waals surface area contributed by atoms with Crippen molar-refractivity contribution in [2.24, 2.45) is 11.8 Å². The zero-order valence-electron chi connectivity index (χ0n) is 14.2. The molecular formula is C19H25FN2O2. The first-order valence-corrected chi connectivity index (χ1v) is 8.99. The van der Waals surface area contributed by atoms with Crippen molar-refractivity contribution in [1.29, 1.82) is 0 Å². The van der Waals surface area contributed by atoms with Crippen LogP contribution in [0.2, 0.25) is 0 Å². The van der Waals surface area contributed by atoms with Gasteiger partial charge in [-0.1, -0.05) is 6.07 Å². The van der Waals surface area contributed by atoms with Gasteiger partial charge in [0.1, 0.15) is 11.6 Å². The number of rotatable bonds is 5. The minimum absolute atomic E-state index is 0.0715. The Balaban J connectivity index is 1.48. The Morgan fingerprint density at radius 1 is 1.29 bits per heavy atom. The topological polar surface area (TPSA) is 32.8 Å². The molecule has 4 nitrogen and oxygen atoms in total. The number of likely N-dealkylation sites (tertiary alicyclic amines) is 2. The van der Waals surface area contributed by atoms with Gasteiger partial charge in [0.15, 0.2) is 0 Å². The summed E-state index contributed by atoms with van der Waals surface area (Å²) in [5, 5.41) is 0. The molecular weight excluding hydrogens is 307 g/mol. The van der Waals surface area contributed by atoms with Crippen molar-refractivity contribution in [2.45, 2.75) is 38.3 Å². The Bertz CT molecular complexity index is 632. The van der Waals surface area contributed by atoms with Crippen molar-refractivity contribution < 1.29 is 13.9 Å². The summed E-state index contributed by atoms with van der Waals surface area (Å²) in [6.07, 6.45) is 4.56. The van der Waals surface area contributed by atoms with E-state index < -0.39 is 0 Å². The van der Waals surface area contributed by atoms with E-state index in [1.54, 1.807) is 12.1 Å². The lowest BCUT2D eigenvalue weighted by Crippen LogP contribution is -2.58. The van der Waals surface area contributed by atoms with E-state index in [-0.39, 0.29) is 17.8 Å². The van der Waals surface area contributed by atoms with E-state index in [1.807, 2.05) is 0 Å². The molecule has 1 saturated carbocycles.